The van der Waals surface area contributed by atoms with Gasteiger partial charge < -0.3 is 9.67 Å². The summed E-state index contributed by atoms with van der Waals surface area (Å²) in [7, 11) is -0.0410. The van der Waals surface area contributed by atoms with E-state index < -0.39 is 10.0 Å². The Morgan fingerprint density at radius 2 is 2.10 bits per heavy atom. The molecule has 0 radical (unpaired) electrons. The predicted molar refractivity (Wildman–Crippen MR) is 73.4 cm³/mol. The maximum Gasteiger partial charge on any atom is 0.242 e. The van der Waals surface area contributed by atoms with Crippen molar-refractivity contribution in [3.8, 4) is 0 Å². The molecule has 0 atom stereocenters. The lowest BCUT2D eigenvalue weighted by molar-refractivity contribution is 0.272. The fourth-order valence-electron chi connectivity index (χ4n) is 1.92. The molecule has 0 aliphatic rings. The van der Waals surface area contributed by atoms with Crippen LogP contribution in [0.15, 0.2) is 29.4 Å². The van der Waals surface area contributed by atoms with E-state index in [-0.39, 0.29) is 11.5 Å². The molecular weight excluding hydrogens is 280 g/mol. The third-order valence-corrected chi connectivity index (χ3v) is 4.58. The van der Waals surface area contributed by atoms with Gasteiger partial charge in [-0.15, -0.1) is 0 Å². The molecule has 0 spiro atoms. The van der Waals surface area contributed by atoms with Gasteiger partial charge in [0, 0.05) is 50.8 Å². The molecule has 2 rings (SSSR count). The van der Waals surface area contributed by atoms with Crippen LogP contribution in [0.4, 0.5) is 0 Å². The predicted octanol–water partition coefficient (Wildman–Crippen LogP) is -0.228. The van der Waals surface area contributed by atoms with Crippen LogP contribution in [-0.4, -0.2) is 34.4 Å². The molecule has 2 N–H and O–H groups in total. The zero-order valence-electron chi connectivity index (χ0n) is 11.4. The van der Waals surface area contributed by atoms with Crippen LogP contribution >= 0.6 is 0 Å². The number of aliphatic hydroxyl groups excluding tert-OH is 1. The molecule has 7 nitrogen and oxygen atoms in total. The van der Waals surface area contributed by atoms with E-state index in [1.54, 1.807) is 22.5 Å². The van der Waals surface area contributed by atoms with E-state index in [1.807, 2.05) is 13.1 Å². The van der Waals surface area contributed by atoms with Crippen LogP contribution in [0.3, 0.4) is 0 Å². The SMILES string of the molecule is Cn1cc(S(=O)(=O)NCCc2ccnn2C)cc1CO. The van der Waals surface area contributed by atoms with Crippen molar-refractivity contribution in [1.29, 1.82) is 0 Å². The Bertz CT molecular complexity index is 687. The zero-order chi connectivity index (χ0) is 14.8. The third kappa shape index (κ3) is 3.09. The number of aromatic nitrogens is 3. The van der Waals surface area contributed by atoms with Crippen LogP contribution in [0.1, 0.15) is 11.4 Å². The second-order valence-electron chi connectivity index (χ2n) is 4.53. The van der Waals surface area contributed by atoms with E-state index in [0.29, 0.717) is 18.7 Å². The van der Waals surface area contributed by atoms with Gasteiger partial charge in [0.25, 0.3) is 0 Å². The highest BCUT2D eigenvalue weighted by molar-refractivity contribution is 7.89. The maximum atomic E-state index is 12.1. The van der Waals surface area contributed by atoms with Gasteiger partial charge in [0.1, 0.15) is 0 Å². The molecule has 0 unspecified atom stereocenters. The number of nitrogens with one attached hydrogen (secondary N) is 1. The van der Waals surface area contributed by atoms with Gasteiger partial charge in [0.05, 0.1) is 11.5 Å². The summed E-state index contributed by atoms with van der Waals surface area (Å²) in [6.45, 7) is 0.103. The van der Waals surface area contributed by atoms with Crippen molar-refractivity contribution in [3.05, 3.63) is 35.9 Å². The molecule has 0 aliphatic heterocycles. The lowest BCUT2D eigenvalue weighted by atomic mass is 10.3. The first-order valence-electron chi connectivity index (χ1n) is 6.16. The molecule has 110 valence electrons. The smallest absolute Gasteiger partial charge is 0.242 e. The summed E-state index contributed by atoms with van der Waals surface area (Å²) >= 11 is 0. The Hall–Kier alpha value is -1.64. The summed E-state index contributed by atoms with van der Waals surface area (Å²) in [5.41, 5.74) is 1.51. The molecular formula is C12H18N4O3S. The molecule has 0 bridgehead atoms. The molecule has 0 aliphatic carbocycles. The molecule has 0 amide bonds. The lowest BCUT2D eigenvalue weighted by Gasteiger charge is -2.05. The number of hydrogen-bond donors (Lipinski definition) is 2. The van der Waals surface area contributed by atoms with E-state index >= 15 is 0 Å². The molecule has 0 saturated carbocycles. The first-order chi connectivity index (χ1) is 9.44. The molecule has 2 aromatic rings. The Labute approximate surface area is 117 Å². The highest BCUT2D eigenvalue weighted by Gasteiger charge is 2.17. The van der Waals surface area contributed by atoms with E-state index in [2.05, 4.69) is 9.82 Å². The van der Waals surface area contributed by atoms with E-state index in [0.717, 1.165) is 5.69 Å². The first-order valence-corrected chi connectivity index (χ1v) is 7.65. The van der Waals surface area contributed by atoms with Crippen LogP contribution in [0.25, 0.3) is 0 Å². The van der Waals surface area contributed by atoms with Crippen LogP contribution in [-0.2, 0) is 37.1 Å². The number of hydrogen-bond acceptors (Lipinski definition) is 4. The van der Waals surface area contributed by atoms with Crippen LogP contribution in [0, 0.1) is 0 Å². The summed E-state index contributed by atoms with van der Waals surface area (Å²) < 4.78 is 30.0. The van der Waals surface area contributed by atoms with Gasteiger partial charge in [0.15, 0.2) is 0 Å². The maximum absolute atomic E-state index is 12.1. The number of nitrogens with zero attached hydrogens (tertiary/aromatic N) is 3. The molecule has 20 heavy (non-hydrogen) atoms. The van der Waals surface area contributed by atoms with Crippen molar-refractivity contribution >= 4 is 10.0 Å². The highest BCUT2D eigenvalue weighted by atomic mass is 32.2. The molecule has 2 heterocycles. The fraction of sp³-hybridized carbons (Fsp3) is 0.417. The van der Waals surface area contributed by atoms with Crippen molar-refractivity contribution in [2.75, 3.05) is 6.54 Å². The minimum atomic E-state index is -3.55. The van der Waals surface area contributed by atoms with Gasteiger partial charge in [-0.25, -0.2) is 13.1 Å². The average Bonchev–Trinajstić information content (AvgIpc) is 2.96. The van der Waals surface area contributed by atoms with Gasteiger partial charge in [-0.1, -0.05) is 0 Å². The van der Waals surface area contributed by atoms with Crippen molar-refractivity contribution in [2.45, 2.75) is 17.9 Å². The molecule has 2 aromatic heterocycles. The van der Waals surface area contributed by atoms with E-state index in [9.17, 15) is 8.42 Å². The Balaban J connectivity index is 2.02. The van der Waals surface area contributed by atoms with Crippen LogP contribution in [0.5, 0.6) is 0 Å². The van der Waals surface area contributed by atoms with Crippen molar-refractivity contribution < 1.29 is 13.5 Å². The molecule has 0 fully saturated rings. The fourth-order valence-corrected chi connectivity index (χ4v) is 3.05. The summed E-state index contributed by atoms with van der Waals surface area (Å²) in [5.74, 6) is 0. The zero-order valence-corrected chi connectivity index (χ0v) is 12.3. The largest absolute Gasteiger partial charge is 0.390 e. The third-order valence-electron chi connectivity index (χ3n) is 3.15. The Kier molecular flexibility index (Phi) is 4.26. The van der Waals surface area contributed by atoms with Crippen molar-refractivity contribution in [3.63, 3.8) is 0 Å². The minimum absolute atomic E-state index is 0.161. The van der Waals surface area contributed by atoms with Gasteiger partial charge in [0.2, 0.25) is 10.0 Å². The van der Waals surface area contributed by atoms with Gasteiger partial charge >= 0.3 is 0 Å². The average molecular weight is 298 g/mol. The van der Waals surface area contributed by atoms with Crippen LogP contribution < -0.4 is 4.72 Å². The Morgan fingerprint density at radius 1 is 1.35 bits per heavy atom. The first kappa shape index (κ1) is 14.8. The summed E-state index contributed by atoms with van der Waals surface area (Å²) in [6, 6.07) is 3.31. The van der Waals surface area contributed by atoms with Crippen molar-refractivity contribution in [1.82, 2.24) is 19.1 Å². The minimum Gasteiger partial charge on any atom is -0.390 e. The summed E-state index contributed by atoms with van der Waals surface area (Å²) in [6.07, 6.45) is 3.72. The second-order valence-corrected chi connectivity index (χ2v) is 6.30. The second kappa shape index (κ2) is 5.78. The number of aryl methyl sites for hydroxylation is 2. The number of sulfonamides is 1. The standard InChI is InChI=1S/C12H18N4O3S/c1-15-8-12(7-11(15)9-17)20(18,19)14-6-4-10-3-5-13-16(10)2/h3,5,7-8,14,17H,4,6,9H2,1-2H3. The van der Waals surface area contributed by atoms with E-state index in [4.69, 9.17) is 5.11 Å². The molecule has 8 heteroatoms. The highest BCUT2D eigenvalue weighted by Crippen LogP contribution is 2.13. The van der Waals surface area contributed by atoms with Crippen LogP contribution in [0.2, 0.25) is 0 Å². The number of aliphatic hydroxyl groups is 1. The molecule has 0 aromatic carbocycles. The van der Waals surface area contributed by atoms with E-state index in [1.165, 1.54) is 12.3 Å². The van der Waals surface area contributed by atoms with Gasteiger partial charge in [-0.05, 0) is 12.1 Å². The monoisotopic (exact) mass is 298 g/mol. The summed E-state index contributed by atoms with van der Waals surface area (Å²) in [4.78, 5) is 0.161. The quantitative estimate of drug-likeness (QED) is 0.771. The van der Waals surface area contributed by atoms with Crippen molar-refractivity contribution in [2.24, 2.45) is 14.1 Å². The van der Waals surface area contributed by atoms with Gasteiger partial charge in [-0.3, -0.25) is 4.68 Å². The number of rotatable bonds is 6. The Morgan fingerprint density at radius 3 is 2.65 bits per heavy atom. The van der Waals surface area contributed by atoms with Gasteiger partial charge in [-0.2, -0.15) is 5.10 Å². The normalized spacial score (nSPS) is 11.9. The molecule has 0 saturated heterocycles. The summed E-state index contributed by atoms with van der Waals surface area (Å²) in [5, 5.41) is 13.1. The topological polar surface area (TPSA) is 89.2 Å². The lowest BCUT2D eigenvalue weighted by Crippen LogP contribution is -2.26.